The number of likely N-dealkylation sites (N-methyl/N-ethyl adjacent to an activating group) is 2. The molecule has 0 aromatic carbocycles. The van der Waals surface area contributed by atoms with Crippen LogP contribution in [0, 0.1) is 0 Å². The first kappa shape index (κ1) is 16.3. The molecule has 0 bridgehead atoms. The van der Waals surface area contributed by atoms with Gasteiger partial charge in [-0.1, -0.05) is 27.7 Å². The largest absolute Gasteiger partial charge is 0.357 e. The van der Waals surface area contributed by atoms with E-state index in [9.17, 15) is 0 Å². The van der Waals surface area contributed by atoms with Crippen LogP contribution >= 0.6 is 0 Å². The Labute approximate surface area is 119 Å². The van der Waals surface area contributed by atoms with Crippen LogP contribution in [0.15, 0.2) is 12.4 Å². The van der Waals surface area contributed by atoms with Gasteiger partial charge in [0.25, 0.3) is 0 Å². The topological polar surface area (TPSA) is 13.0 Å². The van der Waals surface area contributed by atoms with E-state index in [1.54, 1.807) is 0 Å². The highest BCUT2D eigenvalue weighted by molar-refractivity contribution is 4.91. The summed E-state index contributed by atoms with van der Waals surface area (Å²) in [5.74, 6) is 0. The van der Waals surface area contributed by atoms with E-state index in [1.807, 2.05) is 0 Å². The predicted octanol–water partition coefficient (Wildman–Crippen LogP) is 1.72. The number of hydrogen-bond acceptors (Lipinski definition) is 4. The van der Waals surface area contributed by atoms with E-state index in [4.69, 9.17) is 0 Å². The highest BCUT2D eigenvalue weighted by Gasteiger charge is 2.13. The molecule has 0 fully saturated rings. The van der Waals surface area contributed by atoms with E-state index in [-0.39, 0.29) is 0 Å². The van der Waals surface area contributed by atoms with Crippen LogP contribution in [0.25, 0.3) is 0 Å². The fourth-order valence-corrected chi connectivity index (χ4v) is 2.43. The maximum absolute atomic E-state index is 2.48. The van der Waals surface area contributed by atoms with Crippen LogP contribution in [0.2, 0.25) is 0 Å². The maximum Gasteiger partial charge on any atom is 0.0894 e. The summed E-state index contributed by atoms with van der Waals surface area (Å²) in [4.78, 5) is 9.79. The van der Waals surface area contributed by atoms with Crippen molar-refractivity contribution in [3.63, 3.8) is 0 Å². The van der Waals surface area contributed by atoms with Crippen LogP contribution in [0.5, 0.6) is 0 Å². The van der Waals surface area contributed by atoms with Gasteiger partial charge < -0.3 is 19.6 Å². The van der Waals surface area contributed by atoms with Crippen molar-refractivity contribution in [1.82, 2.24) is 19.6 Å². The van der Waals surface area contributed by atoms with Crippen molar-refractivity contribution >= 4 is 0 Å². The molecule has 1 heterocycles. The van der Waals surface area contributed by atoms with Crippen LogP contribution in [-0.4, -0.2) is 78.6 Å². The zero-order valence-corrected chi connectivity index (χ0v) is 13.3. The Morgan fingerprint density at radius 1 is 0.737 bits per heavy atom. The first-order valence-corrected chi connectivity index (χ1v) is 7.84. The van der Waals surface area contributed by atoms with Gasteiger partial charge in [0, 0.05) is 38.6 Å². The molecule has 0 saturated heterocycles. The van der Waals surface area contributed by atoms with Crippen LogP contribution in [-0.2, 0) is 0 Å². The van der Waals surface area contributed by atoms with E-state index in [1.165, 1.54) is 13.1 Å². The molecule has 0 aliphatic carbocycles. The zero-order chi connectivity index (χ0) is 14.1. The lowest BCUT2D eigenvalue weighted by Crippen LogP contribution is -2.37. The quantitative estimate of drug-likeness (QED) is 0.598. The number of nitrogens with zero attached hydrogens (tertiary/aromatic N) is 4. The molecule has 0 radical (unpaired) electrons. The third-order valence-electron chi connectivity index (χ3n) is 4.05. The highest BCUT2D eigenvalue weighted by atomic mass is 15.4. The van der Waals surface area contributed by atoms with Crippen LogP contribution in [0.4, 0.5) is 0 Å². The standard InChI is InChI=1S/C15H32N4/c1-5-16(6-2)9-11-18-13-14-19(15-18)12-10-17(7-3)8-4/h13-14H,5-12,15H2,1-4H3. The lowest BCUT2D eigenvalue weighted by Gasteiger charge is -2.26. The second-order valence-electron chi connectivity index (χ2n) is 5.12. The van der Waals surface area contributed by atoms with Gasteiger partial charge in [0.2, 0.25) is 0 Å². The molecule has 0 spiro atoms. The third-order valence-corrected chi connectivity index (χ3v) is 4.05. The lowest BCUT2D eigenvalue weighted by atomic mass is 10.4. The van der Waals surface area contributed by atoms with Crippen LogP contribution in [0.3, 0.4) is 0 Å². The van der Waals surface area contributed by atoms with Gasteiger partial charge in [-0.3, -0.25) is 0 Å². The molecule has 0 unspecified atom stereocenters. The molecule has 0 amide bonds. The summed E-state index contributed by atoms with van der Waals surface area (Å²) in [5.41, 5.74) is 0. The molecule has 112 valence electrons. The molecular weight excluding hydrogens is 236 g/mol. The molecule has 19 heavy (non-hydrogen) atoms. The minimum atomic E-state index is 1.06. The van der Waals surface area contributed by atoms with E-state index in [0.717, 1.165) is 45.9 Å². The maximum atomic E-state index is 2.48. The summed E-state index contributed by atoms with van der Waals surface area (Å²) in [6.07, 6.45) is 4.48. The molecule has 4 heteroatoms. The monoisotopic (exact) mass is 268 g/mol. The van der Waals surface area contributed by atoms with Crippen molar-refractivity contribution in [1.29, 1.82) is 0 Å². The van der Waals surface area contributed by atoms with Gasteiger partial charge >= 0.3 is 0 Å². The molecule has 4 nitrogen and oxygen atoms in total. The van der Waals surface area contributed by atoms with E-state index < -0.39 is 0 Å². The molecule has 0 aromatic heterocycles. The molecule has 1 rings (SSSR count). The van der Waals surface area contributed by atoms with Gasteiger partial charge in [-0.15, -0.1) is 0 Å². The van der Waals surface area contributed by atoms with Crippen molar-refractivity contribution < 1.29 is 0 Å². The second kappa shape index (κ2) is 9.21. The van der Waals surface area contributed by atoms with Crippen molar-refractivity contribution in [2.24, 2.45) is 0 Å². The van der Waals surface area contributed by atoms with Gasteiger partial charge in [0.1, 0.15) is 0 Å². The van der Waals surface area contributed by atoms with Crippen molar-refractivity contribution in [3.8, 4) is 0 Å². The Balaban J connectivity index is 2.18. The SMILES string of the molecule is CCN(CC)CCN1C=CN(CCN(CC)CC)C1. The molecule has 0 aromatic rings. The Kier molecular flexibility index (Phi) is 7.91. The predicted molar refractivity (Wildman–Crippen MR) is 83.0 cm³/mol. The molecular formula is C15H32N4. The number of rotatable bonds is 10. The summed E-state index contributed by atoms with van der Waals surface area (Å²) in [5, 5.41) is 0. The van der Waals surface area contributed by atoms with Crippen LogP contribution < -0.4 is 0 Å². The van der Waals surface area contributed by atoms with E-state index >= 15 is 0 Å². The summed E-state index contributed by atoms with van der Waals surface area (Å²) >= 11 is 0. The first-order chi connectivity index (χ1) is 9.23. The Morgan fingerprint density at radius 3 is 1.42 bits per heavy atom. The van der Waals surface area contributed by atoms with Crippen LogP contribution in [0.1, 0.15) is 27.7 Å². The third kappa shape index (κ3) is 5.83. The van der Waals surface area contributed by atoms with Gasteiger partial charge in [-0.05, 0) is 26.2 Å². The first-order valence-electron chi connectivity index (χ1n) is 7.84. The average Bonchev–Trinajstić information content (AvgIpc) is 2.89. The normalized spacial score (nSPS) is 15.3. The fourth-order valence-electron chi connectivity index (χ4n) is 2.43. The Bertz CT molecular complexity index is 223. The fraction of sp³-hybridized carbons (Fsp3) is 0.867. The summed E-state index contributed by atoms with van der Waals surface area (Å²) in [7, 11) is 0. The van der Waals surface area contributed by atoms with Crippen molar-refractivity contribution in [2.45, 2.75) is 27.7 Å². The van der Waals surface area contributed by atoms with Gasteiger partial charge in [-0.25, -0.2) is 0 Å². The van der Waals surface area contributed by atoms with Crippen molar-refractivity contribution in [2.75, 3.05) is 59.0 Å². The smallest absolute Gasteiger partial charge is 0.0894 e. The minimum Gasteiger partial charge on any atom is -0.357 e. The number of hydrogen-bond donors (Lipinski definition) is 0. The van der Waals surface area contributed by atoms with Gasteiger partial charge in [0.15, 0.2) is 0 Å². The van der Waals surface area contributed by atoms with E-state index in [0.29, 0.717) is 0 Å². The average molecular weight is 268 g/mol. The molecule has 1 aliphatic heterocycles. The lowest BCUT2D eigenvalue weighted by molar-refractivity contribution is 0.202. The molecule has 0 N–H and O–H groups in total. The Morgan fingerprint density at radius 2 is 1.11 bits per heavy atom. The summed E-state index contributed by atoms with van der Waals surface area (Å²) < 4.78 is 0. The summed E-state index contributed by atoms with van der Waals surface area (Å²) in [6.45, 7) is 19.2. The van der Waals surface area contributed by atoms with Crippen molar-refractivity contribution in [3.05, 3.63) is 12.4 Å². The second-order valence-corrected chi connectivity index (χ2v) is 5.12. The highest BCUT2D eigenvalue weighted by Crippen LogP contribution is 2.06. The Hall–Kier alpha value is -0.740. The molecule has 0 atom stereocenters. The molecule has 1 aliphatic rings. The van der Waals surface area contributed by atoms with Gasteiger partial charge in [-0.2, -0.15) is 0 Å². The summed E-state index contributed by atoms with van der Waals surface area (Å²) in [6, 6.07) is 0. The molecule has 0 saturated carbocycles. The zero-order valence-electron chi connectivity index (χ0n) is 13.3. The van der Waals surface area contributed by atoms with E-state index in [2.05, 4.69) is 59.7 Å². The minimum absolute atomic E-state index is 1.06. The van der Waals surface area contributed by atoms with Gasteiger partial charge in [0.05, 0.1) is 6.67 Å².